The number of hydrogen-bond acceptors (Lipinski definition) is 5. The molecule has 1 aliphatic carbocycles. The Labute approximate surface area is 181 Å². The topological polar surface area (TPSA) is 72.8 Å². The Morgan fingerprint density at radius 3 is 1.92 bits per heavy atom. The Balaban J connectivity index is 4.07. The second kappa shape index (κ2) is 11.0. The third kappa shape index (κ3) is 5.48. The third-order valence-electron chi connectivity index (χ3n) is 2.45. The summed E-state index contributed by atoms with van der Waals surface area (Å²) >= 11 is 0. The van der Waals surface area contributed by atoms with E-state index in [-0.39, 0.29) is 0 Å². The predicted molar refractivity (Wildman–Crippen MR) is 92.4 cm³/mol. The van der Waals surface area contributed by atoms with Crippen molar-refractivity contribution in [2.45, 2.75) is 64.3 Å². The van der Waals surface area contributed by atoms with Crippen molar-refractivity contribution < 1.29 is 59.8 Å². The average molecular weight is 365 g/mol. The van der Waals surface area contributed by atoms with Gasteiger partial charge < -0.3 is 14.6 Å². The lowest BCUT2D eigenvalue weighted by atomic mass is 9.89. The number of rotatable bonds is 12. The van der Waals surface area contributed by atoms with E-state index >= 15 is 0 Å². The summed E-state index contributed by atoms with van der Waals surface area (Å²) in [5, 5.41) is 9.51. The van der Waals surface area contributed by atoms with Crippen molar-refractivity contribution in [1.29, 1.82) is 0 Å². The van der Waals surface area contributed by atoms with E-state index in [4.69, 9.17) is 35.6 Å². The van der Waals surface area contributed by atoms with Crippen molar-refractivity contribution in [3.8, 4) is 0 Å². The molecule has 24 heavy (non-hydrogen) atoms. The Morgan fingerprint density at radius 1 is 0.875 bits per heavy atom. The van der Waals surface area contributed by atoms with Crippen LogP contribution in [0, 0.1) is 0 Å². The highest BCUT2D eigenvalue weighted by atomic mass is 16.5. The summed E-state index contributed by atoms with van der Waals surface area (Å²) < 4.78 is 212. The van der Waals surface area contributed by atoms with E-state index in [0.717, 1.165) is 0 Å². The molecule has 0 saturated carbocycles. The lowest BCUT2D eigenvalue weighted by Gasteiger charge is -2.20. The van der Waals surface area contributed by atoms with Crippen LogP contribution in [0.2, 0.25) is 0 Å². The molecule has 0 unspecified atom stereocenters. The van der Waals surface area contributed by atoms with Gasteiger partial charge in [0.25, 0.3) is 0 Å². The molecule has 5 nitrogen and oxygen atoms in total. The minimum absolute atomic E-state index is 0.533. The van der Waals surface area contributed by atoms with Crippen LogP contribution in [-0.2, 0) is 19.1 Å². The van der Waals surface area contributed by atoms with Crippen LogP contribution in [0.1, 0.15) is 99.9 Å². The molecule has 0 aliphatic heterocycles. The molecule has 1 aliphatic rings. The first-order valence-corrected chi connectivity index (χ1v) is 5.95. The van der Waals surface area contributed by atoms with Crippen LogP contribution in [0.4, 0.5) is 0 Å². The van der Waals surface area contributed by atoms with Gasteiger partial charge >= 0.3 is 0 Å². The smallest absolute Gasteiger partial charge is 0.228 e. The monoisotopic (exact) mass is 364 g/mol. The number of carbonyl (C=O) groups excluding carboxylic acids is 2. The molecule has 0 bridgehead atoms. The molecule has 0 spiro atoms. The van der Waals surface area contributed by atoms with Crippen LogP contribution in [0.15, 0.2) is 22.7 Å². The van der Waals surface area contributed by atoms with Gasteiger partial charge in [0.05, 0.1) is 25.0 Å². The number of allylic oxidation sites excluding steroid dienone is 2. The molecule has 0 radical (unpaired) electrons. The number of ketones is 2. The summed E-state index contributed by atoms with van der Waals surface area (Å²) in [6.45, 7) is -3.78. The highest BCUT2D eigenvalue weighted by Crippen LogP contribution is 2.28. The first-order valence-electron chi connectivity index (χ1n) is 18.9. The summed E-state index contributed by atoms with van der Waals surface area (Å²) in [4.78, 5) is 26.6. The fourth-order valence-corrected chi connectivity index (χ4v) is 1.42. The van der Waals surface area contributed by atoms with Crippen molar-refractivity contribution >= 4 is 11.6 Å². The zero-order valence-electron chi connectivity index (χ0n) is 38.1. The highest BCUT2D eigenvalue weighted by molar-refractivity contribution is 6.23. The molecule has 0 atom stereocenters. The second-order valence-corrected chi connectivity index (χ2v) is 3.76. The van der Waals surface area contributed by atoms with E-state index in [1.54, 1.807) is 0 Å². The Bertz CT molecular complexity index is 1440. The van der Waals surface area contributed by atoms with Crippen LogP contribution in [-0.4, -0.2) is 37.3 Å². The molecule has 5 heteroatoms. The number of carbonyl (C=O) groups is 2. The molecule has 0 aromatic heterocycles. The maximum Gasteiger partial charge on any atom is 0.228 e. The van der Waals surface area contributed by atoms with Gasteiger partial charge in [-0.3, -0.25) is 9.59 Å². The molecule has 0 saturated heterocycles. The van der Waals surface area contributed by atoms with E-state index in [0.29, 0.717) is 6.92 Å². The number of Topliss-reactive ketones (excluding diaryl/α,β-unsaturated/α-hetero) is 2. The number of ether oxygens (including phenoxy) is 2. The molecule has 0 fully saturated rings. The SMILES string of the molecule is [2H]C([2H])([2H])OC1=C(OC([2H])([2H])[2H])C(=O)C(C([2H])([2H])C([2H])([2H])C([2H])([2H])C([2H])([2H])C([2H])([2H])C([2H])([2H])C([2H])([2H])C([2H])([2H])C([2H])([2H])C([2H])([2H])O)=C(C)C1=O. The van der Waals surface area contributed by atoms with E-state index in [1.165, 1.54) is 0 Å². The van der Waals surface area contributed by atoms with Gasteiger partial charge in [0.2, 0.25) is 23.1 Å². The van der Waals surface area contributed by atoms with Gasteiger partial charge in [-0.2, -0.15) is 0 Å². The molecule has 0 heterocycles. The van der Waals surface area contributed by atoms with Gasteiger partial charge in [-0.05, 0) is 26.0 Å². The Kier molecular flexibility index (Phi) is 2.01. The Hall–Kier alpha value is -1.62. The third-order valence-corrected chi connectivity index (χ3v) is 2.45. The van der Waals surface area contributed by atoms with Crippen LogP contribution in [0.25, 0.3) is 0 Å². The van der Waals surface area contributed by atoms with E-state index < -0.39 is 112 Å². The van der Waals surface area contributed by atoms with Gasteiger partial charge in [0.1, 0.15) is 0 Å². The molecule has 1 N–H and O–H groups in total. The molecule has 1 rings (SSSR count). The van der Waals surface area contributed by atoms with Crippen molar-refractivity contribution in [3.63, 3.8) is 0 Å². The molecule has 0 aromatic rings. The molecule has 136 valence electrons. The molecule has 0 amide bonds. The number of hydrogen-bond donors (Lipinski definition) is 1. The van der Waals surface area contributed by atoms with E-state index in [1.807, 2.05) is 0 Å². The molecular weight excluding hydrogens is 308 g/mol. The Morgan fingerprint density at radius 2 is 1.38 bits per heavy atom. The summed E-state index contributed by atoms with van der Waals surface area (Å²) in [6, 6.07) is 0. The summed E-state index contributed by atoms with van der Waals surface area (Å²) in [6.07, 6.45) is -42.7. The maximum absolute atomic E-state index is 13.5. The highest BCUT2D eigenvalue weighted by Gasteiger charge is 2.34. The van der Waals surface area contributed by atoms with E-state index in [2.05, 4.69) is 9.47 Å². The first-order chi connectivity index (χ1) is 21.3. The second-order valence-electron chi connectivity index (χ2n) is 3.76. The van der Waals surface area contributed by atoms with E-state index in [9.17, 15) is 14.7 Å². The van der Waals surface area contributed by atoms with Crippen molar-refractivity contribution in [2.24, 2.45) is 0 Å². The van der Waals surface area contributed by atoms with Crippen molar-refractivity contribution in [1.82, 2.24) is 0 Å². The predicted octanol–water partition coefficient (Wildman–Crippen LogP) is 3.46. The maximum atomic E-state index is 13.5. The summed E-state index contributed by atoms with van der Waals surface area (Å²) in [5.74, 6) is -7.44. The lowest BCUT2D eigenvalue weighted by Crippen LogP contribution is -2.25. The standard InChI is InChI=1S/C19H30O5/c1-14-15(12-10-8-6-4-5-7-9-11-13-20)17(22)19(24-3)18(23-2)16(14)21/h20H,4-13H2,1-3H3/i2D3,3D3,4D2,5D2,6D2,7D2,8D2,9D2,10D2,11D2,12D2,13D2. The summed E-state index contributed by atoms with van der Waals surface area (Å²) in [5.41, 5.74) is -3.11. The van der Waals surface area contributed by atoms with Gasteiger partial charge in [0.15, 0.2) is 0 Å². The van der Waals surface area contributed by atoms with Gasteiger partial charge in [-0.15, -0.1) is 0 Å². The summed E-state index contributed by atoms with van der Waals surface area (Å²) in [7, 11) is -7.29. The fraction of sp³-hybridized carbons (Fsp3) is 0.684. The normalized spacial score (nSPS) is 38.4. The largest absolute Gasteiger partial charge is 0.489 e. The van der Waals surface area contributed by atoms with Crippen molar-refractivity contribution in [2.75, 3.05) is 20.6 Å². The fourth-order valence-electron chi connectivity index (χ4n) is 1.42. The lowest BCUT2D eigenvalue weighted by molar-refractivity contribution is -0.121. The van der Waals surface area contributed by atoms with Gasteiger partial charge in [0, 0.05) is 42.4 Å². The zero-order valence-corrected chi connectivity index (χ0v) is 12.1. The minimum atomic E-state index is -4.94. The van der Waals surface area contributed by atoms with Crippen LogP contribution < -0.4 is 0 Å². The zero-order chi connectivity index (χ0) is 40.9. The van der Waals surface area contributed by atoms with Crippen LogP contribution >= 0.6 is 0 Å². The van der Waals surface area contributed by atoms with Crippen LogP contribution in [0.5, 0.6) is 0 Å². The van der Waals surface area contributed by atoms with Crippen molar-refractivity contribution in [3.05, 3.63) is 22.7 Å². The van der Waals surface area contributed by atoms with Gasteiger partial charge in [-0.1, -0.05) is 38.2 Å². The number of aliphatic hydroxyl groups is 1. The average Bonchev–Trinajstić information content (AvgIpc) is 2.86. The number of methoxy groups -OCH3 is 2. The first kappa shape index (κ1) is 4.37. The molecular formula is C19H30O5. The molecule has 0 aromatic carbocycles. The minimum Gasteiger partial charge on any atom is -0.489 e. The van der Waals surface area contributed by atoms with Gasteiger partial charge in [-0.25, -0.2) is 0 Å². The van der Waals surface area contributed by atoms with Crippen LogP contribution in [0.3, 0.4) is 0 Å². The quantitative estimate of drug-likeness (QED) is 0.537.